The second kappa shape index (κ2) is 7.75. The summed E-state index contributed by atoms with van der Waals surface area (Å²) in [4.78, 5) is 16.9. The van der Waals surface area contributed by atoms with Gasteiger partial charge in [-0.25, -0.2) is 4.79 Å². The third-order valence-corrected chi connectivity index (χ3v) is 3.26. The predicted molar refractivity (Wildman–Crippen MR) is 78.3 cm³/mol. The highest BCUT2D eigenvalue weighted by Crippen LogP contribution is 2.12. The number of carboxylic acids is 1. The molecule has 1 aromatic heterocycles. The zero-order chi connectivity index (χ0) is 15.1. The molecule has 0 amide bonds. The summed E-state index contributed by atoms with van der Waals surface area (Å²) in [6, 6.07) is 3.49. The summed E-state index contributed by atoms with van der Waals surface area (Å²) in [5, 5.41) is 8.54. The van der Waals surface area contributed by atoms with Crippen molar-refractivity contribution in [2.75, 3.05) is 32.8 Å². The van der Waals surface area contributed by atoms with Crippen molar-refractivity contribution in [3.05, 3.63) is 30.1 Å². The van der Waals surface area contributed by atoms with Crippen LogP contribution in [0.2, 0.25) is 0 Å². The van der Waals surface area contributed by atoms with Gasteiger partial charge in [-0.05, 0) is 24.8 Å². The molecule has 0 bridgehead atoms. The fraction of sp³-hybridized carbons (Fsp3) is 0.467. The molecule has 1 saturated heterocycles. The monoisotopic (exact) mass is 292 g/mol. The van der Waals surface area contributed by atoms with Crippen LogP contribution >= 0.6 is 0 Å². The molecule has 1 N–H and O–H groups in total. The summed E-state index contributed by atoms with van der Waals surface area (Å²) >= 11 is 0. The molecule has 1 unspecified atom stereocenters. The molecule has 0 saturated carbocycles. The molecular weight excluding hydrogens is 272 g/mol. The van der Waals surface area contributed by atoms with Crippen molar-refractivity contribution in [3.8, 4) is 5.75 Å². The van der Waals surface area contributed by atoms with Crippen molar-refractivity contribution in [1.29, 1.82) is 0 Å². The second-order valence-electron chi connectivity index (χ2n) is 4.79. The van der Waals surface area contributed by atoms with Gasteiger partial charge in [0.25, 0.3) is 0 Å². The minimum atomic E-state index is -0.993. The Hall–Kier alpha value is -1.92. The number of carbonyl (C=O) groups is 1. The zero-order valence-electron chi connectivity index (χ0n) is 12.1. The van der Waals surface area contributed by atoms with E-state index in [4.69, 9.17) is 14.6 Å². The molecule has 1 aliphatic rings. The van der Waals surface area contributed by atoms with Gasteiger partial charge in [-0.15, -0.1) is 0 Å². The van der Waals surface area contributed by atoms with E-state index in [-0.39, 0.29) is 6.10 Å². The number of likely N-dealkylation sites (N-methyl/N-ethyl adjacent to an activating group) is 1. The molecule has 0 aromatic carbocycles. The first-order valence-corrected chi connectivity index (χ1v) is 7.01. The first-order chi connectivity index (χ1) is 10.2. The SMILES string of the molecule is CCN1CCOC(COc2ccc(C=CC(=O)O)nc2)C1. The van der Waals surface area contributed by atoms with Gasteiger partial charge < -0.3 is 14.6 Å². The largest absolute Gasteiger partial charge is 0.489 e. The number of morpholine rings is 1. The van der Waals surface area contributed by atoms with E-state index in [1.54, 1.807) is 18.3 Å². The Morgan fingerprint density at radius 3 is 3.14 bits per heavy atom. The lowest BCUT2D eigenvalue weighted by atomic mass is 10.3. The van der Waals surface area contributed by atoms with Crippen LogP contribution in [0.4, 0.5) is 0 Å². The maximum absolute atomic E-state index is 10.4. The number of hydrogen-bond donors (Lipinski definition) is 1. The number of rotatable bonds is 6. The van der Waals surface area contributed by atoms with Crippen LogP contribution in [-0.2, 0) is 9.53 Å². The van der Waals surface area contributed by atoms with Gasteiger partial charge in [0.1, 0.15) is 18.5 Å². The number of nitrogens with zero attached hydrogens (tertiary/aromatic N) is 2. The summed E-state index contributed by atoms with van der Waals surface area (Å²) in [5.74, 6) is -0.341. The van der Waals surface area contributed by atoms with E-state index >= 15 is 0 Å². The Kier molecular flexibility index (Phi) is 5.71. The van der Waals surface area contributed by atoms with Crippen molar-refractivity contribution in [2.45, 2.75) is 13.0 Å². The highest BCUT2D eigenvalue weighted by molar-refractivity contribution is 5.84. The lowest BCUT2D eigenvalue weighted by molar-refractivity contribution is -0.131. The fourth-order valence-electron chi connectivity index (χ4n) is 2.09. The number of hydrogen-bond acceptors (Lipinski definition) is 5. The third-order valence-electron chi connectivity index (χ3n) is 3.26. The molecule has 0 radical (unpaired) electrons. The molecular formula is C15H20N2O4. The second-order valence-corrected chi connectivity index (χ2v) is 4.79. The minimum Gasteiger partial charge on any atom is -0.489 e. The summed E-state index contributed by atoms with van der Waals surface area (Å²) in [7, 11) is 0. The molecule has 21 heavy (non-hydrogen) atoms. The van der Waals surface area contributed by atoms with E-state index < -0.39 is 5.97 Å². The number of aliphatic carboxylic acids is 1. The molecule has 2 heterocycles. The van der Waals surface area contributed by atoms with Crippen molar-refractivity contribution in [2.24, 2.45) is 0 Å². The number of carboxylic acid groups (broad SMARTS) is 1. The van der Waals surface area contributed by atoms with Crippen LogP contribution in [0.3, 0.4) is 0 Å². The van der Waals surface area contributed by atoms with Crippen LogP contribution in [0.15, 0.2) is 24.4 Å². The highest BCUT2D eigenvalue weighted by Gasteiger charge is 2.19. The normalized spacial score (nSPS) is 19.8. The highest BCUT2D eigenvalue weighted by atomic mass is 16.5. The summed E-state index contributed by atoms with van der Waals surface area (Å²) < 4.78 is 11.3. The smallest absolute Gasteiger partial charge is 0.328 e. The van der Waals surface area contributed by atoms with Crippen molar-refractivity contribution in [3.63, 3.8) is 0 Å². The Bertz CT molecular complexity index is 487. The van der Waals surface area contributed by atoms with Crippen molar-refractivity contribution < 1.29 is 19.4 Å². The maximum atomic E-state index is 10.4. The molecule has 1 aromatic rings. The fourth-order valence-corrected chi connectivity index (χ4v) is 2.09. The minimum absolute atomic E-state index is 0.0743. The Morgan fingerprint density at radius 2 is 2.48 bits per heavy atom. The Balaban J connectivity index is 1.82. The van der Waals surface area contributed by atoms with Crippen molar-refractivity contribution in [1.82, 2.24) is 9.88 Å². The first-order valence-electron chi connectivity index (χ1n) is 7.01. The number of pyridine rings is 1. The van der Waals surface area contributed by atoms with E-state index in [1.807, 2.05) is 0 Å². The number of aromatic nitrogens is 1. The lowest BCUT2D eigenvalue weighted by Crippen LogP contribution is -2.44. The molecule has 0 aliphatic carbocycles. The predicted octanol–water partition coefficient (Wildman–Crippen LogP) is 1.28. The van der Waals surface area contributed by atoms with Gasteiger partial charge in [-0.2, -0.15) is 0 Å². The van der Waals surface area contributed by atoms with E-state index in [0.29, 0.717) is 18.1 Å². The Morgan fingerprint density at radius 1 is 1.62 bits per heavy atom. The molecule has 0 spiro atoms. The van der Waals surface area contributed by atoms with Crippen LogP contribution in [0.1, 0.15) is 12.6 Å². The van der Waals surface area contributed by atoms with Crippen LogP contribution in [0.5, 0.6) is 5.75 Å². The number of ether oxygens (including phenoxy) is 2. The molecule has 1 fully saturated rings. The van der Waals surface area contributed by atoms with Crippen molar-refractivity contribution >= 4 is 12.0 Å². The van der Waals surface area contributed by atoms with Gasteiger partial charge in [0, 0.05) is 19.2 Å². The van der Waals surface area contributed by atoms with Gasteiger partial charge in [-0.1, -0.05) is 6.92 Å². The van der Waals surface area contributed by atoms with Gasteiger partial charge in [0.05, 0.1) is 18.5 Å². The van der Waals surface area contributed by atoms with E-state index in [0.717, 1.165) is 32.3 Å². The zero-order valence-corrected chi connectivity index (χ0v) is 12.1. The topological polar surface area (TPSA) is 71.9 Å². The average molecular weight is 292 g/mol. The van der Waals surface area contributed by atoms with Gasteiger partial charge >= 0.3 is 5.97 Å². The van der Waals surface area contributed by atoms with Crippen LogP contribution in [0.25, 0.3) is 6.08 Å². The lowest BCUT2D eigenvalue weighted by Gasteiger charge is -2.31. The molecule has 6 heteroatoms. The van der Waals surface area contributed by atoms with Gasteiger partial charge in [0.15, 0.2) is 0 Å². The Labute approximate surface area is 124 Å². The van der Waals surface area contributed by atoms with E-state index in [9.17, 15) is 4.79 Å². The van der Waals surface area contributed by atoms with Gasteiger partial charge in [-0.3, -0.25) is 9.88 Å². The third kappa shape index (κ3) is 5.17. The average Bonchev–Trinajstić information content (AvgIpc) is 2.52. The van der Waals surface area contributed by atoms with Crippen LogP contribution < -0.4 is 4.74 Å². The molecule has 6 nitrogen and oxygen atoms in total. The summed E-state index contributed by atoms with van der Waals surface area (Å²) in [6.07, 6.45) is 4.15. The van der Waals surface area contributed by atoms with E-state index in [1.165, 1.54) is 6.08 Å². The molecule has 2 rings (SSSR count). The summed E-state index contributed by atoms with van der Waals surface area (Å²) in [6.45, 7) is 6.23. The first kappa shape index (κ1) is 15.5. The van der Waals surface area contributed by atoms with Gasteiger partial charge in [0.2, 0.25) is 0 Å². The molecule has 1 atom stereocenters. The van der Waals surface area contributed by atoms with E-state index in [2.05, 4.69) is 16.8 Å². The quantitative estimate of drug-likeness (QED) is 0.796. The van der Waals surface area contributed by atoms with Crippen LogP contribution in [0, 0.1) is 0 Å². The molecule has 1 aliphatic heterocycles. The standard InChI is InChI=1S/C15H20N2O4/c1-2-17-7-8-20-14(10-17)11-21-13-5-3-12(16-9-13)4-6-15(18)19/h3-6,9,14H,2,7-8,10-11H2,1H3,(H,18,19). The summed E-state index contributed by atoms with van der Waals surface area (Å²) in [5.41, 5.74) is 0.579. The molecule has 114 valence electrons. The maximum Gasteiger partial charge on any atom is 0.328 e. The van der Waals surface area contributed by atoms with Crippen LogP contribution in [-0.4, -0.2) is 59.9 Å².